The van der Waals surface area contributed by atoms with E-state index < -0.39 is 29.2 Å². The molecule has 0 aliphatic heterocycles. The first kappa shape index (κ1) is 13.1. The monoisotopic (exact) mass is 266 g/mol. The lowest BCUT2D eigenvalue weighted by Gasteiger charge is -2.09. The molecule has 1 N–H and O–H groups in total. The Labute approximate surface area is 107 Å². The Morgan fingerprint density at radius 2 is 1.95 bits per heavy atom. The van der Waals surface area contributed by atoms with Crippen LogP contribution in [-0.4, -0.2) is 10.9 Å². The van der Waals surface area contributed by atoms with Crippen LogP contribution in [0.1, 0.15) is 15.9 Å². The van der Waals surface area contributed by atoms with Gasteiger partial charge in [-0.15, -0.1) is 0 Å². The van der Waals surface area contributed by atoms with Gasteiger partial charge in [0.2, 0.25) is 5.95 Å². The lowest BCUT2D eigenvalue weighted by Crippen LogP contribution is -2.15. The van der Waals surface area contributed by atoms with Crippen molar-refractivity contribution in [2.24, 2.45) is 0 Å². The molecule has 3 nitrogen and oxygen atoms in total. The van der Waals surface area contributed by atoms with Gasteiger partial charge >= 0.3 is 0 Å². The van der Waals surface area contributed by atoms with Crippen LogP contribution in [0.15, 0.2) is 30.5 Å². The molecule has 0 aliphatic carbocycles. The van der Waals surface area contributed by atoms with Crippen molar-refractivity contribution in [3.05, 3.63) is 59.2 Å². The molecule has 98 valence electrons. The van der Waals surface area contributed by atoms with E-state index in [0.29, 0.717) is 0 Å². The van der Waals surface area contributed by atoms with Crippen molar-refractivity contribution < 1.29 is 18.0 Å². The van der Waals surface area contributed by atoms with Crippen LogP contribution in [0.2, 0.25) is 0 Å². The van der Waals surface area contributed by atoms with Gasteiger partial charge in [0, 0.05) is 17.8 Å². The van der Waals surface area contributed by atoms with Gasteiger partial charge in [-0.05, 0) is 24.6 Å². The predicted octanol–water partition coefficient (Wildman–Crippen LogP) is 3.06. The third-order valence-corrected chi connectivity index (χ3v) is 2.51. The summed E-state index contributed by atoms with van der Waals surface area (Å²) in [5.74, 6) is -3.42. The predicted molar refractivity (Wildman–Crippen MR) is 63.2 cm³/mol. The van der Waals surface area contributed by atoms with Crippen molar-refractivity contribution in [1.29, 1.82) is 0 Å². The molecule has 0 saturated heterocycles. The molecule has 0 spiro atoms. The van der Waals surface area contributed by atoms with Crippen molar-refractivity contribution in [1.82, 2.24) is 4.98 Å². The number of rotatable bonds is 2. The van der Waals surface area contributed by atoms with Crippen LogP contribution in [-0.2, 0) is 0 Å². The van der Waals surface area contributed by atoms with E-state index in [9.17, 15) is 18.0 Å². The number of carbonyl (C=O) groups is 1. The zero-order chi connectivity index (χ0) is 14.0. The van der Waals surface area contributed by atoms with Crippen LogP contribution in [0, 0.1) is 24.5 Å². The topological polar surface area (TPSA) is 42.0 Å². The van der Waals surface area contributed by atoms with Crippen LogP contribution in [0.5, 0.6) is 0 Å². The second kappa shape index (κ2) is 5.09. The number of hydrogen-bond donors (Lipinski definition) is 1. The van der Waals surface area contributed by atoms with Gasteiger partial charge in [0.1, 0.15) is 11.5 Å². The van der Waals surface area contributed by atoms with Crippen molar-refractivity contribution in [3.63, 3.8) is 0 Å². The lowest BCUT2D eigenvalue weighted by molar-refractivity contribution is 0.102. The first-order valence-corrected chi connectivity index (χ1v) is 5.36. The zero-order valence-corrected chi connectivity index (χ0v) is 9.88. The maximum Gasteiger partial charge on any atom is 0.256 e. The smallest absolute Gasteiger partial charge is 0.256 e. The number of anilines is 1. The summed E-state index contributed by atoms with van der Waals surface area (Å²) in [6.07, 6.45) is 1.09. The third kappa shape index (κ3) is 2.73. The van der Waals surface area contributed by atoms with E-state index in [1.54, 1.807) is 0 Å². The summed E-state index contributed by atoms with van der Waals surface area (Å²) < 4.78 is 40.0. The summed E-state index contributed by atoms with van der Waals surface area (Å²) in [6, 6.07) is 4.42. The van der Waals surface area contributed by atoms with E-state index in [1.807, 2.05) is 0 Å². The molecule has 1 amide bonds. The molecule has 1 aromatic carbocycles. The number of aromatic nitrogens is 1. The largest absolute Gasteiger partial charge is 0.317 e. The van der Waals surface area contributed by atoms with Gasteiger partial charge in [0.05, 0.1) is 0 Å². The van der Waals surface area contributed by atoms with E-state index in [0.717, 1.165) is 18.3 Å². The second-order valence-corrected chi connectivity index (χ2v) is 3.87. The highest BCUT2D eigenvalue weighted by Crippen LogP contribution is 2.22. The van der Waals surface area contributed by atoms with E-state index in [4.69, 9.17) is 0 Å². The molecule has 2 rings (SSSR count). The van der Waals surface area contributed by atoms with Gasteiger partial charge in [-0.1, -0.05) is 6.07 Å². The number of pyridine rings is 1. The van der Waals surface area contributed by atoms with Crippen LogP contribution in [0.25, 0.3) is 0 Å². The number of halogens is 3. The quantitative estimate of drug-likeness (QED) is 0.849. The molecule has 2 aromatic rings. The summed E-state index contributed by atoms with van der Waals surface area (Å²) in [7, 11) is 0. The highest BCUT2D eigenvalue weighted by molar-refractivity contribution is 6.04. The Bertz CT molecular complexity index is 644. The molecule has 0 radical (unpaired) electrons. The Morgan fingerprint density at radius 1 is 1.21 bits per heavy atom. The Morgan fingerprint density at radius 3 is 2.63 bits per heavy atom. The summed E-state index contributed by atoms with van der Waals surface area (Å²) in [6.45, 7) is 1.44. The molecule has 0 bridgehead atoms. The standard InChI is InChI=1S/C13H9F3N2O/c1-7-2-3-9(14)12(11(7)16)18-13(19)8-4-5-17-10(15)6-8/h2-6H,1H3,(H,18,19). The van der Waals surface area contributed by atoms with Gasteiger partial charge in [0.25, 0.3) is 5.91 Å². The number of benzene rings is 1. The fourth-order valence-corrected chi connectivity index (χ4v) is 1.50. The molecule has 19 heavy (non-hydrogen) atoms. The SMILES string of the molecule is Cc1ccc(F)c(NC(=O)c2ccnc(F)c2)c1F. The van der Waals surface area contributed by atoms with Crippen molar-refractivity contribution >= 4 is 11.6 Å². The maximum atomic E-state index is 13.7. The van der Waals surface area contributed by atoms with Gasteiger partial charge in [-0.25, -0.2) is 13.8 Å². The molecule has 0 aliphatic rings. The Balaban J connectivity index is 2.32. The summed E-state index contributed by atoms with van der Waals surface area (Å²) in [5.41, 5.74) is -0.437. The van der Waals surface area contributed by atoms with E-state index >= 15 is 0 Å². The van der Waals surface area contributed by atoms with Crippen molar-refractivity contribution in [3.8, 4) is 0 Å². The maximum absolute atomic E-state index is 13.7. The van der Waals surface area contributed by atoms with Crippen LogP contribution in [0.4, 0.5) is 18.9 Å². The number of hydrogen-bond acceptors (Lipinski definition) is 2. The van der Waals surface area contributed by atoms with Gasteiger partial charge in [-0.2, -0.15) is 4.39 Å². The van der Waals surface area contributed by atoms with Gasteiger partial charge in [-0.3, -0.25) is 4.79 Å². The lowest BCUT2D eigenvalue weighted by atomic mass is 10.2. The first-order valence-electron chi connectivity index (χ1n) is 5.36. The van der Waals surface area contributed by atoms with Crippen molar-refractivity contribution in [2.45, 2.75) is 6.92 Å². The number of nitrogens with one attached hydrogen (secondary N) is 1. The molecule has 1 heterocycles. The van der Waals surface area contributed by atoms with E-state index in [1.165, 1.54) is 19.1 Å². The van der Waals surface area contributed by atoms with Gasteiger partial charge in [0.15, 0.2) is 5.82 Å². The second-order valence-electron chi connectivity index (χ2n) is 3.87. The highest BCUT2D eigenvalue weighted by Gasteiger charge is 2.15. The average Bonchev–Trinajstić information content (AvgIpc) is 2.39. The molecule has 0 saturated carbocycles. The van der Waals surface area contributed by atoms with E-state index in [2.05, 4.69) is 10.3 Å². The number of carbonyl (C=O) groups excluding carboxylic acids is 1. The average molecular weight is 266 g/mol. The summed E-state index contributed by atoms with van der Waals surface area (Å²) >= 11 is 0. The normalized spacial score (nSPS) is 10.3. The number of amides is 1. The molecule has 0 atom stereocenters. The van der Waals surface area contributed by atoms with Crippen LogP contribution >= 0.6 is 0 Å². The molecular weight excluding hydrogens is 257 g/mol. The zero-order valence-electron chi connectivity index (χ0n) is 9.88. The summed E-state index contributed by atoms with van der Waals surface area (Å²) in [4.78, 5) is 15.0. The first-order chi connectivity index (χ1) is 8.99. The van der Waals surface area contributed by atoms with Crippen LogP contribution < -0.4 is 5.32 Å². The fourth-order valence-electron chi connectivity index (χ4n) is 1.50. The molecular formula is C13H9F3N2O. The Hall–Kier alpha value is -2.37. The summed E-state index contributed by atoms with van der Waals surface area (Å²) in [5, 5.41) is 2.08. The molecule has 6 heteroatoms. The van der Waals surface area contributed by atoms with Gasteiger partial charge < -0.3 is 5.32 Å². The van der Waals surface area contributed by atoms with E-state index in [-0.39, 0.29) is 11.1 Å². The Kier molecular flexibility index (Phi) is 3.50. The van der Waals surface area contributed by atoms with Crippen LogP contribution in [0.3, 0.4) is 0 Å². The third-order valence-electron chi connectivity index (χ3n) is 2.51. The molecule has 0 fully saturated rings. The van der Waals surface area contributed by atoms with Crippen molar-refractivity contribution in [2.75, 3.05) is 5.32 Å². The minimum atomic E-state index is -0.897. The fraction of sp³-hybridized carbons (Fsp3) is 0.0769. The highest BCUT2D eigenvalue weighted by atomic mass is 19.1. The minimum Gasteiger partial charge on any atom is -0.317 e. The number of nitrogens with zero attached hydrogens (tertiary/aromatic N) is 1. The molecule has 0 unspecified atom stereocenters. The number of aryl methyl sites for hydroxylation is 1. The minimum absolute atomic E-state index is 0.0761. The molecule has 1 aromatic heterocycles.